The highest BCUT2D eigenvalue weighted by Gasteiger charge is 2.09. The van der Waals surface area contributed by atoms with Crippen molar-refractivity contribution in [1.29, 1.82) is 0 Å². The summed E-state index contributed by atoms with van der Waals surface area (Å²) in [4.78, 5) is 29.3. The normalized spacial score (nSPS) is 9.72. The molecule has 1 heterocycles. The van der Waals surface area contributed by atoms with Crippen molar-refractivity contribution in [2.45, 2.75) is 81.6 Å². The Morgan fingerprint density at radius 2 is 1.61 bits per heavy atom. The van der Waals surface area contributed by atoms with Crippen molar-refractivity contribution >= 4 is 52.2 Å². The van der Waals surface area contributed by atoms with E-state index in [9.17, 15) is 9.59 Å². The molecule has 0 aliphatic rings. The number of anilines is 2. The van der Waals surface area contributed by atoms with Gasteiger partial charge in [0.1, 0.15) is 17.4 Å². The minimum Gasteiger partial charge on any atom is -0.496 e. The molecule has 0 aliphatic carbocycles. The highest BCUT2D eigenvalue weighted by molar-refractivity contribution is 7.07. The lowest BCUT2D eigenvalue weighted by Gasteiger charge is -2.12. The number of amides is 1. The number of halogens is 1. The van der Waals surface area contributed by atoms with E-state index in [0.29, 0.717) is 11.5 Å². The third-order valence-electron chi connectivity index (χ3n) is 6.34. The number of nitrogens with one attached hydrogen (secondary N) is 2. The van der Waals surface area contributed by atoms with Gasteiger partial charge in [0.05, 0.1) is 29.7 Å². The van der Waals surface area contributed by atoms with Crippen LogP contribution in [0.3, 0.4) is 0 Å². The maximum Gasteiger partial charge on any atom is 0.247 e. The van der Waals surface area contributed by atoms with Crippen LogP contribution in [0.2, 0.25) is 5.02 Å². The van der Waals surface area contributed by atoms with Crippen LogP contribution in [-0.4, -0.2) is 30.0 Å². The molecule has 1 aromatic heterocycles. The lowest BCUT2D eigenvalue weighted by Crippen LogP contribution is -2.09. The van der Waals surface area contributed by atoms with E-state index in [4.69, 9.17) is 16.3 Å². The minimum absolute atomic E-state index is 0.167. The van der Waals surface area contributed by atoms with Crippen LogP contribution in [0.5, 0.6) is 5.75 Å². The zero-order valence-electron chi connectivity index (χ0n) is 29.1. The van der Waals surface area contributed by atoms with Gasteiger partial charge in [-0.1, -0.05) is 63.2 Å². The second-order valence-electron chi connectivity index (χ2n) is 10.3. The van der Waals surface area contributed by atoms with E-state index in [-0.39, 0.29) is 11.7 Å². The van der Waals surface area contributed by atoms with E-state index in [1.807, 2.05) is 49.8 Å². The first kappa shape index (κ1) is 42.0. The molecular formula is C37H51ClN4O3S. The monoisotopic (exact) mass is 666 g/mol. The van der Waals surface area contributed by atoms with Crippen molar-refractivity contribution in [3.8, 4) is 5.75 Å². The number of nitrogens with zero attached hydrogens (tertiary/aromatic N) is 2. The number of allylic oxidation sites excluding steroid dienone is 2. The summed E-state index contributed by atoms with van der Waals surface area (Å²) in [5.74, 6) is 1.34. The van der Waals surface area contributed by atoms with E-state index in [1.54, 1.807) is 24.5 Å². The fourth-order valence-electron chi connectivity index (χ4n) is 3.60. The van der Waals surface area contributed by atoms with Gasteiger partial charge in [-0.3, -0.25) is 4.79 Å². The van der Waals surface area contributed by atoms with Gasteiger partial charge in [-0.15, -0.1) is 11.3 Å². The number of thiazole rings is 1. The van der Waals surface area contributed by atoms with Gasteiger partial charge in [-0.25, -0.2) is 9.98 Å². The predicted octanol–water partition coefficient (Wildman–Crippen LogP) is 10.3. The molecule has 2 N–H and O–H groups in total. The lowest BCUT2D eigenvalue weighted by atomic mass is 10.0. The molecule has 3 rings (SSSR count). The summed E-state index contributed by atoms with van der Waals surface area (Å²) in [6, 6.07) is 9.38. The van der Waals surface area contributed by atoms with Crippen LogP contribution in [0.4, 0.5) is 11.4 Å². The Kier molecular flexibility index (Phi) is 21.3. The molecule has 0 aliphatic heterocycles. The number of rotatable bonds is 10. The van der Waals surface area contributed by atoms with Gasteiger partial charge in [0.2, 0.25) is 5.91 Å². The number of hydrogen-bond donors (Lipinski definition) is 2. The predicted molar refractivity (Wildman–Crippen MR) is 200 cm³/mol. The largest absolute Gasteiger partial charge is 0.496 e. The summed E-state index contributed by atoms with van der Waals surface area (Å²) in [7, 11) is 1.69. The molecule has 0 saturated carbocycles. The number of carbonyl (C=O) groups is 2. The number of aryl methyl sites for hydroxylation is 2. The Bertz CT molecular complexity index is 1440. The molecule has 46 heavy (non-hydrogen) atoms. The van der Waals surface area contributed by atoms with Crippen LogP contribution < -0.4 is 15.4 Å². The van der Waals surface area contributed by atoms with E-state index in [1.165, 1.54) is 36.8 Å². The maximum atomic E-state index is 11.4. The van der Waals surface area contributed by atoms with Gasteiger partial charge in [0.15, 0.2) is 0 Å². The van der Waals surface area contributed by atoms with Crippen LogP contribution in [0.15, 0.2) is 82.4 Å². The molecule has 0 fully saturated rings. The standard InChI is InChI=1S/C18H23N3O.C11H15ClO.C5H7NS.C3H6O/c1-6-15(13(3)4)12-19-14(5)20-16-10-8-9-11-17(16)21-18(22)7-2;1-5-9-6-10(13-4)7(2)8(3)11(9)12;1-2-5-3-7-4-6-5;1-3(2)4/h7-12,20H,2,5-6H2,1,3-4H3,(H,21,22);6H,5H2,1-4H3;3-4H,2H2,1H3;1-2H3/b19-12-;;;. The molecule has 0 unspecified atom stereocenters. The molecule has 0 bridgehead atoms. The Morgan fingerprint density at radius 1 is 1.02 bits per heavy atom. The first-order chi connectivity index (χ1) is 21.7. The molecule has 0 radical (unpaired) electrons. The van der Waals surface area contributed by atoms with Crippen LogP contribution in [0.1, 0.15) is 77.3 Å². The molecule has 0 saturated heterocycles. The zero-order valence-corrected chi connectivity index (χ0v) is 30.7. The summed E-state index contributed by atoms with van der Waals surface area (Å²) in [5, 5.41) is 8.78. The third-order valence-corrected chi connectivity index (χ3v) is 7.51. The molecule has 0 atom stereocenters. The van der Waals surface area contributed by atoms with Crippen molar-refractivity contribution in [3.63, 3.8) is 0 Å². The highest BCUT2D eigenvalue weighted by atomic mass is 35.5. The van der Waals surface area contributed by atoms with Gasteiger partial charge < -0.3 is 20.2 Å². The number of Topliss-reactive ketones (excluding diaryl/α,β-unsaturated/α-hetero) is 1. The molecule has 0 spiro atoms. The molecule has 2 aromatic carbocycles. The average Bonchev–Trinajstić information content (AvgIpc) is 3.56. The number of hydrogen-bond acceptors (Lipinski definition) is 7. The van der Waals surface area contributed by atoms with Crippen molar-refractivity contribution < 1.29 is 14.3 Å². The van der Waals surface area contributed by atoms with E-state index in [2.05, 4.69) is 73.8 Å². The number of methoxy groups -OCH3 is 1. The Morgan fingerprint density at radius 3 is 2.02 bits per heavy atom. The van der Waals surface area contributed by atoms with Crippen LogP contribution in [0, 0.1) is 13.8 Å². The Hall–Kier alpha value is -4.01. The maximum absolute atomic E-state index is 11.4. The van der Waals surface area contributed by atoms with Crippen molar-refractivity contribution in [2.24, 2.45) is 4.99 Å². The number of benzene rings is 2. The third kappa shape index (κ3) is 16.3. The zero-order chi connectivity index (χ0) is 35.2. The quantitative estimate of drug-likeness (QED) is 0.166. The summed E-state index contributed by atoms with van der Waals surface area (Å²) in [5.41, 5.74) is 10.3. The number of carbonyl (C=O) groups excluding carboxylic acids is 2. The van der Waals surface area contributed by atoms with Crippen molar-refractivity contribution in [3.05, 3.63) is 105 Å². The van der Waals surface area contributed by atoms with E-state index < -0.39 is 0 Å². The molecule has 9 heteroatoms. The first-order valence-electron chi connectivity index (χ1n) is 15.1. The lowest BCUT2D eigenvalue weighted by molar-refractivity contribution is -0.115. The van der Waals surface area contributed by atoms with Gasteiger partial charge in [0.25, 0.3) is 0 Å². The summed E-state index contributed by atoms with van der Waals surface area (Å²) in [6.45, 7) is 24.8. The molecule has 250 valence electrons. The van der Waals surface area contributed by atoms with Gasteiger partial charge in [-0.05, 0) is 107 Å². The SMILES string of the molecule is C=CC(=O)Nc1ccccc1NC(=C)/N=C\C(CC)=C(C)C.CC(C)=O.CCc1cc(OC)c(C)c(C)c1Cl.CCc1cscn1. The van der Waals surface area contributed by atoms with Crippen molar-refractivity contribution in [1.82, 2.24) is 4.98 Å². The van der Waals surface area contributed by atoms with Crippen LogP contribution in [0.25, 0.3) is 0 Å². The number of ketones is 1. The second kappa shape index (κ2) is 23.3. The number of aromatic nitrogens is 1. The fraction of sp³-hybridized carbons (Fsp3) is 0.351. The number of ether oxygens (including phenoxy) is 1. The highest BCUT2D eigenvalue weighted by Crippen LogP contribution is 2.31. The summed E-state index contributed by atoms with van der Waals surface area (Å²) in [6.07, 6.45) is 5.96. The molecular weight excluding hydrogens is 616 g/mol. The second-order valence-corrected chi connectivity index (χ2v) is 11.4. The minimum atomic E-state index is -0.263. The topological polar surface area (TPSA) is 92.7 Å². The Labute approximate surface area is 285 Å². The van der Waals surface area contributed by atoms with Crippen molar-refractivity contribution in [2.75, 3.05) is 17.7 Å². The Balaban J connectivity index is 0.000000703. The number of aliphatic imine (C=N–C) groups is 1. The number of para-hydroxylation sites is 2. The molecule has 1 amide bonds. The fourth-order valence-corrected chi connectivity index (χ4v) is 4.58. The van der Waals surface area contributed by atoms with E-state index >= 15 is 0 Å². The van der Waals surface area contributed by atoms with Gasteiger partial charge in [0, 0.05) is 16.6 Å². The van der Waals surface area contributed by atoms with Gasteiger partial charge >= 0.3 is 0 Å². The average molecular weight is 667 g/mol. The van der Waals surface area contributed by atoms with E-state index in [0.717, 1.165) is 52.4 Å². The van der Waals surface area contributed by atoms with Gasteiger partial charge in [-0.2, -0.15) is 0 Å². The summed E-state index contributed by atoms with van der Waals surface area (Å²) >= 11 is 7.83. The van der Waals surface area contributed by atoms with Crippen LogP contribution >= 0.6 is 22.9 Å². The summed E-state index contributed by atoms with van der Waals surface area (Å²) < 4.78 is 5.26. The van der Waals surface area contributed by atoms with Crippen LogP contribution in [-0.2, 0) is 22.4 Å². The molecule has 3 aromatic rings. The molecule has 7 nitrogen and oxygen atoms in total. The first-order valence-corrected chi connectivity index (χ1v) is 16.4. The smallest absolute Gasteiger partial charge is 0.247 e.